The summed E-state index contributed by atoms with van der Waals surface area (Å²) in [7, 11) is 1.58. The number of nitrogens with zero attached hydrogens (tertiary/aromatic N) is 3. The Hall–Kier alpha value is -4.06. The van der Waals surface area contributed by atoms with Crippen molar-refractivity contribution in [3.05, 3.63) is 58.6 Å². The fourth-order valence-corrected chi connectivity index (χ4v) is 3.74. The van der Waals surface area contributed by atoms with E-state index in [1.54, 1.807) is 19.2 Å². The molecule has 0 aliphatic carbocycles. The Morgan fingerprint density at radius 1 is 1.09 bits per heavy atom. The molecule has 2 atom stereocenters. The summed E-state index contributed by atoms with van der Waals surface area (Å²) < 4.78 is 5.15. The van der Waals surface area contributed by atoms with Crippen molar-refractivity contribution >= 4 is 39.8 Å². The summed E-state index contributed by atoms with van der Waals surface area (Å²) in [6, 6.07) is 11.3. The maximum atomic E-state index is 12.9. The van der Waals surface area contributed by atoms with E-state index in [9.17, 15) is 19.7 Å². The molecular weight excluding hydrogens is 460 g/mol. The predicted octanol–water partition coefficient (Wildman–Crippen LogP) is 4.30. The molecule has 0 aliphatic rings. The highest BCUT2D eigenvalue weighted by Crippen LogP contribution is 2.28. The van der Waals surface area contributed by atoms with Crippen LogP contribution in [0.5, 0.6) is 5.75 Å². The topological polar surface area (TPSA) is 148 Å². The van der Waals surface area contributed by atoms with E-state index in [0.717, 1.165) is 11.3 Å². The largest absolute Gasteiger partial charge is 0.497 e. The van der Waals surface area contributed by atoms with Crippen molar-refractivity contribution < 1.29 is 19.2 Å². The predicted molar refractivity (Wildman–Crippen MR) is 129 cm³/mol. The lowest BCUT2D eigenvalue weighted by atomic mass is 9.98. The first kappa shape index (κ1) is 24.6. The number of carbonyl (C=O) groups excluding carboxylic acids is 2. The average Bonchev–Trinajstić information content (AvgIpc) is 3.30. The summed E-state index contributed by atoms with van der Waals surface area (Å²) in [5.74, 6) is 0.124. The molecule has 3 rings (SSSR count). The maximum absolute atomic E-state index is 12.9. The Balaban J connectivity index is 1.65. The molecular formula is C22H24N6O5S. The van der Waals surface area contributed by atoms with Crippen LogP contribution in [-0.2, 0) is 4.79 Å². The number of ether oxygens (including phenoxy) is 1. The van der Waals surface area contributed by atoms with Crippen LogP contribution in [0.25, 0.3) is 10.6 Å². The van der Waals surface area contributed by atoms with Crippen molar-refractivity contribution in [2.24, 2.45) is 5.92 Å². The molecule has 178 valence electrons. The Kier molecular flexibility index (Phi) is 8.09. The third-order valence-electron chi connectivity index (χ3n) is 5.11. The van der Waals surface area contributed by atoms with Crippen LogP contribution in [0.1, 0.15) is 20.3 Å². The molecule has 0 unspecified atom stereocenters. The molecule has 0 saturated heterocycles. The molecule has 3 N–H and O–H groups in total. The second-order valence-electron chi connectivity index (χ2n) is 7.40. The van der Waals surface area contributed by atoms with Gasteiger partial charge in [0, 0.05) is 23.4 Å². The van der Waals surface area contributed by atoms with Gasteiger partial charge in [0.25, 0.3) is 5.69 Å². The molecule has 12 heteroatoms. The summed E-state index contributed by atoms with van der Waals surface area (Å²) in [5, 5.41) is 27.8. The lowest BCUT2D eigenvalue weighted by Crippen LogP contribution is -2.49. The van der Waals surface area contributed by atoms with Crippen LogP contribution in [0.15, 0.2) is 48.5 Å². The fraction of sp³-hybridized carbons (Fsp3) is 0.273. The number of rotatable bonds is 9. The Bertz CT molecular complexity index is 1150. The van der Waals surface area contributed by atoms with Crippen LogP contribution in [0.2, 0.25) is 0 Å². The van der Waals surface area contributed by atoms with Gasteiger partial charge in [-0.15, -0.1) is 10.2 Å². The Labute approximate surface area is 199 Å². The van der Waals surface area contributed by atoms with Crippen LogP contribution in [0.3, 0.4) is 0 Å². The number of non-ortho nitro benzene ring substituents is 1. The second-order valence-corrected chi connectivity index (χ2v) is 8.37. The maximum Gasteiger partial charge on any atom is 0.319 e. The second kappa shape index (κ2) is 11.2. The van der Waals surface area contributed by atoms with Gasteiger partial charge >= 0.3 is 6.03 Å². The van der Waals surface area contributed by atoms with Gasteiger partial charge in [0.1, 0.15) is 16.8 Å². The lowest BCUT2D eigenvalue weighted by molar-refractivity contribution is -0.384. The standard InChI is InChI=1S/C22H24N6O5S/c1-4-13(2)18(24-21(30)23-15-7-9-16(10-8-15)28(31)32)19(29)25-22-27-26-20(34-22)14-5-11-17(33-3)12-6-14/h5-13,18H,4H2,1-3H3,(H2,23,24,30)(H,25,27,29)/t13-,18+/m0/s1. The number of methoxy groups -OCH3 is 1. The van der Waals surface area contributed by atoms with E-state index in [2.05, 4.69) is 26.1 Å². The summed E-state index contributed by atoms with van der Waals surface area (Å²) >= 11 is 1.21. The molecule has 3 aromatic rings. The van der Waals surface area contributed by atoms with Crippen LogP contribution in [0, 0.1) is 16.0 Å². The minimum absolute atomic E-state index is 0.0890. The van der Waals surface area contributed by atoms with Crippen molar-refractivity contribution in [2.45, 2.75) is 26.3 Å². The molecule has 34 heavy (non-hydrogen) atoms. The van der Waals surface area contributed by atoms with E-state index in [0.29, 0.717) is 22.2 Å². The van der Waals surface area contributed by atoms with Gasteiger partial charge in [0.2, 0.25) is 11.0 Å². The van der Waals surface area contributed by atoms with Crippen LogP contribution in [0.4, 0.5) is 21.3 Å². The zero-order valence-electron chi connectivity index (χ0n) is 18.8. The van der Waals surface area contributed by atoms with E-state index in [-0.39, 0.29) is 11.6 Å². The molecule has 0 spiro atoms. The summed E-state index contributed by atoms with van der Waals surface area (Å²) in [6.07, 6.45) is 0.642. The molecule has 0 bridgehead atoms. The SMILES string of the molecule is CC[C@H](C)[C@@H](NC(=O)Nc1ccc([N+](=O)[O-])cc1)C(=O)Nc1nnc(-c2ccc(OC)cc2)s1. The van der Waals surface area contributed by atoms with E-state index in [1.165, 1.54) is 35.6 Å². The lowest BCUT2D eigenvalue weighted by Gasteiger charge is -2.23. The van der Waals surface area contributed by atoms with Crippen molar-refractivity contribution in [3.63, 3.8) is 0 Å². The summed E-state index contributed by atoms with van der Waals surface area (Å²) in [6.45, 7) is 3.76. The van der Waals surface area contributed by atoms with E-state index in [1.807, 2.05) is 26.0 Å². The first-order chi connectivity index (χ1) is 16.3. The normalized spacial score (nSPS) is 12.3. The number of nitro groups is 1. The number of urea groups is 1. The first-order valence-corrected chi connectivity index (χ1v) is 11.2. The van der Waals surface area contributed by atoms with Gasteiger partial charge in [-0.3, -0.25) is 20.2 Å². The summed E-state index contributed by atoms with van der Waals surface area (Å²) in [5.41, 5.74) is 1.10. The molecule has 1 aromatic heterocycles. The summed E-state index contributed by atoms with van der Waals surface area (Å²) in [4.78, 5) is 35.7. The van der Waals surface area contributed by atoms with Gasteiger partial charge < -0.3 is 15.4 Å². The average molecular weight is 485 g/mol. The number of aromatic nitrogens is 2. The van der Waals surface area contributed by atoms with Gasteiger partial charge in [-0.2, -0.15) is 0 Å². The van der Waals surface area contributed by atoms with Gasteiger partial charge in [-0.25, -0.2) is 4.79 Å². The number of amides is 3. The van der Waals surface area contributed by atoms with E-state index < -0.39 is 22.9 Å². The first-order valence-electron chi connectivity index (χ1n) is 10.4. The van der Waals surface area contributed by atoms with Crippen molar-refractivity contribution in [2.75, 3.05) is 17.7 Å². The quantitative estimate of drug-likeness (QED) is 0.303. The highest BCUT2D eigenvalue weighted by molar-refractivity contribution is 7.18. The number of anilines is 2. The number of carbonyl (C=O) groups is 2. The number of nitrogens with one attached hydrogen (secondary N) is 3. The number of hydrogen-bond donors (Lipinski definition) is 3. The number of benzene rings is 2. The number of nitro benzene ring substituents is 1. The zero-order valence-corrected chi connectivity index (χ0v) is 19.6. The highest BCUT2D eigenvalue weighted by atomic mass is 32.1. The molecule has 0 fully saturated rings. The molecule has 0 aliphatic heterocycles. The van der Waals surface area contributed by atoms with Crippen LogP contribution >= 0.6 is 11.3 Å². The molecule has 1 heterocycles. The number of hydrogen-bond acceptors (Lipinski definition) is 8. The van der Waals surface area contributed by atoms with Crippen molar-refractivity contribution in [3.8, 4) is 16.3 Å². The van der Waals surface area contributed by atoms with Crippen molar-refractivity contribution in [1.29, 1.82) is 0 Å². The fourth-order valence-electron chi connectivity index (χ4n) is 2.98. The minimum Gasteiger partial charge on any atom is -0.497 e. The monoisotopic (exact) mass is 484 g/mol. The zero-order chi connectivity index (χ0) is 24.7. The minimum atomic E-state index is -0.837. The van der Waals surface area contributed by atoms with Crippen LogP contribution in [-0.4, -0.2) is 40.2 Å². The van der Waals surface area contributed by atoms with E-state index >= 15 is 0 Å². The van der Waals surface area contributed by atoms with Gasteiger partial charge in [0.05, 0.1) is 12.0 Å². The Morgan fingerprint density at radius 3 is 2.35 bits per heavy atom. The smallest absolute Gasteiger partial charge is 0.319 e. The highest BCUT2D eigenvalue weighted by Gasteiger charge is 2.27. The van der Waals surface area contributed by atoms with Crippen LogP contribution < -0.4 is 20.7 Å². The molecule has 2 aromatic carbocycles. The van der Waals surface area contributed by atoms with Gasteiger partial charge in [-0.05, 0) is 42.3 Å². The Morgan fingerprint density at radius 2 is 1.76 bits per heavy atom. The molecule has 0 radical (unpaired) electrons. The third kappa shape index (κ3) is 6.25. The molecule has 3 amide bonds. The van der Waals surface area contributed by atoms with Crippen molar-refractivity contribution in [1.82, 2.24) is 15.5 Å². The van der Waals surface area contributed by atoms with Gasteiger partial charge in [-0.1, -0.05) is 31.6 Å². The van der Waals surface area contributed by atoms with E-state index in [4.69, 9.17) is 4.74 Å². The van der Waals surface area contributed by atoms with Gasteiger partial charge in [0.15, 0.2) is 0 Å². The third-order valence-corrected chi connectivity index (χ3v) is 6.00. The molecule has 0 saturated carbocycles. The molecule has 11 nitrogen and oxygen atoms in total.